The van der Waals surface area contributed by atoms with Gasteiger partial charge in [0.05, 0.1) is 26.7 Å². The first-order valence-electron chi connectivity index (χ1n) is 14.8. The van der Waals surface area contributed by atoms with Crippen molar-refractivity contribution >= 4 is 53.3 Å². The Bertz CT molecular complexity index is 1280. The van der Waals surface area contributed by atoms with Crippen molar-refractivity contribution in [3.05, 3.63) is 33.8 Å². The summed E-state index contributed by atoms with van der Waals surface area (Å²) in [5.41, 5.74) is -3.30. The summed E-state index contributed by atoms with van der Waals surface area (Å²) < 4.78 is 29.8. The highest BCUT2D eigenvalue weighted by Crippen LogP contribution is 2.35. The van der Waals surface area contributed by atoms with E-state index in [1.807, 2.05) is 0 Å². The molecule has 45 heavy (non-hydrogen) atoms. The predicted molar refractivity (Wildman–Crippen MR) is 171 cm³/mol. The summed E-state index contributed by atoms with van der Waals surface area (Å²) in [7, 11) is 0. The zero-order chi connectivity index (χ0) is 34.7. The minimum absolute atomic E-state index is 0.300. The summed E-state index contributed by atoms with van der Waals surface area (Å²) in [6.45, 7) is 19.6. The number of hydrogen-bond donors (Lipinski definition) is 0. The molecule has 0 amide bonds. The number of hydrogen-bond acceptors (Lipinski definition) is 10. The Kier molecular flexibility index (Phi) is 12.3. The van der Waals surface area contributed by atoms with Gasteiger partial charge < -0.3 is 23.7 Å². The van der Waals surface area contributed by atoms with E-state index in [2.05, 4.69) is 4.99 Å². The van der Waals surface area contributed by atoms with Crippen LogP contribution in [0.2, 0.25) is 10.0 Å². The number of carbonyl (C=O) groups is 4. The third kappa shape index (κ3) is 11.0. The number of benzene rings is 1. The topological polar surface area (TPSA) is 127 Å². The van der Waals surface area contributed by atoms with E-state index in [4.69, 9.17) is 46.9 Å². The van der Waals surface area contributed by atoms with E-state index in [9.17, 15) is 19.2 Å². The second-order valence-electron chi connectivity index (χ2n) is 15.2. The molecule has 252 valence electrons. The van der Waals surface area contributed by atoms with Crippen LogP contribution < -0.4 is 0 Å². The van der Waals surface area contributed by atoms with Crippen molar-refractivity contribution in [3.63, 3.8) is 0 Å². The fourth-order valence-electron chi connectivity index (χ4n) is 3.59. The number of aliphatic imine (C=N–C) groups is 1. The molecule has 0 saturated carbocycles. The first kappa shape index (κ1) is 38.5. The first-order valence-corrected chi connectivity index (χ1v) is 15.5. The Hall–Kier alpha value is -2.69. The van der Waals surface area contributed by atoms with E-state index in [1.54, 1.807) is 95.2 Å². The van der Waals surface area contributed by atoms with Crippen LogP contribution in [0, 0.1) is 21.7 Å². The maximum Gasteiger partial charge on any atom is 0.311 e. The maximum absolute atomic E-state index is 13.4. The zero-order valence-electron chi connectivity index (χ0n) is 28.3. The van der Waals surface area contributed by atoms with Crippen LogP contribution in [0.15, 0.2) is 23.2 Å². The van der Waals surface area contributed by atoms with Crippen molar-refractivity contribution in [3.8, 4) is 0 Å². The number of rotatable bonds is 7. The molecule has 0 bridgehead atoms. The van der Waals surface area contributed by atoms with E-state index < -0.39 is 76.2 Å². The molecule has 1 aromatic rings. The van der Waals surface area contributed by atoms with Crippen LogP contribution in [-0.4, -0.2) is 67.3 Å². The quantitative estimate of drug-likeness (QED) is 0.179. The number of ether oxygens (including phenoxy) is 5. The highest BCUT2D eigenvalue weighted by Gasteiger charge is 2.54. The highest BCUT2D eigenvalue weighted by atomic mass is 35.5. The van der Waals surface area contributed by atoms with E-state index >= 15 is 0 Å². The summed E-state index contributed by atoms with van der Waals surface area (Å²) in [5, 5.41) is 0.718. The van der Waals surface area contributed by atoms with Gasteiger partial charge in [0.25, 0.3) is 0 Å². The van der Waals surface area contributed by atoms with Gasteiger partial charge in [0.2, 0.25) is 0 Å². The van der Waals surface area contributed by atoms with Crippen molar-refractivity contribution in [2.45, 2.75) is 114 Å². The Morgan fingerprint density at radius 2 is 1.16 bits per heavy atom. The van der Waals surface area contributed by atoms with Crippen molar-refractivity contribution in [1.82, 2.24) is 0 Å². The predicted octanol–water partition coefficient (Wildman–Crippen LogP) is 6.60. The molecule has 1 aromatic carbocycles. The number of carbonyl (C=O) groups excluding carboxylic acids is 4. The Labute approximate surface area is 276 Å². The average Bonchev–Trinajstić information content (AvgIpc) is 2.87. The van der Waals surface area contributed by atoms with E-state index in [0.29, 0.717) is 15.6 Å². The summed E-state index contributed by atoms with van der Waals surface area (Å²) in [5.74, 6) is -2.48. The SMILES string of the molecule is CC(C)(C)C(=O)OCC1OC(N=Cc2ccc(Cl)cc2Cl)C(OC(=O)C(C)(C)C)C(OC(=O)C(C)(C)C)C1OC(=O)C(C)(C)C. The number of nitrogens with zero attached hydrogens (tertiary/aromatic N) is 1. The normalized spacial score (nSPS) is 22.9. The molecule has 1 aliphatic rings. The summed E-state index contributed by atoms with van der Waals surface area (Å²) in [6.07, 6.45) is -5.19. The second-order valence-corrected chi connectivity index (χ2v) is 16.1. The van der Waals surface area contributed by atoms with Gasteiger partial charge in [-0.3, -0.25) is 24.2 Å². The van der Waals surface area contributed by atoms with Gasteiger partial charge in [0.15, 0.2) is 24.5 Å². The zero-order valence-corrected chi connectivity index (χ0v) is 29.8. The van der Waals surface area contributed by atoms with E-state index in [0.717, 1.165) is 0 Å². The van der Waals surface area contributed by atoms with Crippen molar-refractivity contribution < 1.29 is 42.9 Å². The molecule has 0 aliphatic carbocycles. The lowest BCUT2D eigenvalue weighted by Crippen LogP contribution is -2.63. The van der Waals surface area contributed by atoms with E-state index in [1.165, 1.54) is 12.3 Å². The fraction of sp³-hybridized carbons (Fsp3) is 0.667. The largest absolute Gasteiger partial charge is 0.462 e. The summed E-state index contributed by atoms with van der Waals surface area (Å²) >= 11 is 12.4. The molecule has 10 nitrogen and oxygen atoms in total. The molecule has 12 heteroatoms. The molecule has 0 spiro atoms. The molecule has 5 unspecified atom stereocenters. The average molecular weight is 673 g/mol. The minimum Gasteiger partial charge on any atom is -0.462 e. The molecule has 1 heterocycles. The molecule has 5 atom stereocenters. The van der Waals surface area contributed by atoms with Crippen LogP contribution in [0.5, 0.6) is 0 Å². The molecule has 0 aromatic heterocycles. The van der Waals surface area contributed by atoms with Crippen LogP contribution in [0.4, 0.5) is 0 Å². The van der Waals surface area contributed by atoms with Crippen molar-refractivity contribution in [2.24, 2.45) is 26.7 Å². The van der Waals surface area contributed by atoms with Gasteiger partial charge in [-0.25, -0.2) is 0 Å². The fourth-order valence-corrected chi connectivity index (χ4v) is 4.04. The van der Waals surface area contributed by atoms with Crippen molar-refractivity contribution in [1.29, 1.82) is 0 Å². The number of halogens is 2. The van der Waals surface area contributed by atoms with Gasteiger partial charge in [0, 0.05) is 16.8 Å². The lowest BCUT2D eigenvalue weighted by molar-refractivity contribution is -0.258. The van der Waals surface area contributed by atoms with Gasteiger partial charge in [-0.2, -0.15) is 0 Å². The molecule has 0 N–H and O–H groups in total. The monoisotopic (exact) mass is 671 g/mol. The highest BCUT2D eigenvalue weighted by molar-refractivity contribution is 6.36. The van der Waals surface area contributed by atoms with Gasteiger partial charge in [-0.1, -0.05) is 29.3 Å². The first-order chi connectivity index (χ1) is 20.3. The van der Waals surface area contributed by atoms with Crippen LogP contribution in [0.3, 0.4) is 0 Å². The maximum atomic E-state index is 13.4. The third-order valence-electron chi connectivity index (χ3n) is 6.49. The van der Waals surface area contributed by atoms with Crippen LogP contribution in [-0.2, 0) is 42.9 Å². The van der Waals surface area contributed by atoms with E-state index in [-0.39, 0.29) is 6.61 Å². The van der Waals surface area contributed by atoms with Gasteiger partial charge in [-0.15, -0.1) is 0 Å². The van der Waals surface area contributed by atoms with Gasteiger partial charge in [0.1, 0.15) is 12.7 Å². The molecule has 1 aliphatic heterocycles. The molecule has 0 radical (unpaired) electrons. The van der Waals surface area contributed by atoms with Crippen LogP contribution >= 0.6 is 23.2 Å². The second kappa shape index (κ2) is 14.4. The Morgan fingerprint density at radius 3 is 1.60 bits per heavy atom. The standard InChI is InChI=1S/C33H47Cl2NO9/c1-30(2,3)26(37)41-17-21-22(43-27(38)31(4,5)6)23(44-28(39)32(7,8)9)24(45-29(40)33(10,11)12)25(42-21)36-16-18-13-14-19(34)15-20(18)35/h13-16,21-25H,17H2,1-12H3. The molecule has 1 saturated heterocycles. The summed E-state index contributed by atoms with van der Waals surface area (Å²) in [6, 6.07) is 4.80. The third-order valence-corrected chi connectivity index (χ3v) is 7.05. The summed E-state index contributed by atoms with van der Waals surface area (Å²) in [4.78, 5) is 57.2. The van der Waals surface area contributed by atoms with Crippen LogP contribution in [0.25, 0.3) is 0 Å². The molecule has 1 fully saturated rings. The van der Waals surface area contributed by atoms with Crippen molar-refractivity contribution in [2.75, 3.05) is 6.61 Å². The Balaban J connectivity index is 2.75. The molecular weight excluding hydrogens is 625 g/mol. The lowest BCUT2D eigenvalue weighted by atomic mass is 9.92. The van der Waals surface area contributed by atoms with Gasteiger partial charge in [-0.05, 0) is 95.2 Å². The number of esters is 4. The Morgan fingerprint density at radius 1 is 0.711 bits per heavy atom. The van der Waals surface area contributed by atoms with Crippen LogP contribution in [0.1, 0.15) is 88.6 Å². The minimum atomic E-state index is -1.40. The smallest absolute Gasteiger partial charge is 0.311 e. The van der Waals surface area contributed by atoms with Gasteiger partial charge >= 0.3 is 23.9 Å². The lowest BCUT2D eigenvalue weighted by Gasteiger charge is -2.45. The molecule has 2 rings (SSSR count). The molecular formula is C33H47Cl2NO9.